The van der Waals surface area contributed by atoms with Crippen LogP contribution in [0.25, 0.3) is 0 Å². The molecule has 2 aliphatic heterocycles. The first-order valence-electron chi connectivity index (χ1n) is 9.61. The van der Waals surface area contributed by atoms with Crippen molar-refractivity contribution < 1.29 is 18.5 Å². The summed E-state index contributed by atoms with van der Waals surface area (Å²) in [5, 5.41) is 2.57. The Balaban J connectivity index is 1.93. The number of benzene rings is 1. The third-order valence-corrected chi connectivity index (χ3v) is 7.08. The van der Waals surface area contributed by atoms with E-state index in [-0.39, 0.29) is 12.6 Å². The maximum absolute atomic E-state index is 13.8. The number of amidine groups is 1. The van der Waals surface area contributed by atoms with Gasteiger partial charge in [0.15, 0.2) is 10.8 Å². The van der Waals surface area contributed by atoms with Crippen molar-refractivity contribution >= 4 is 50.4 Å². The van der Waals surface area contributed by atoms with Gasteiger partial charge in [-0.25, -0.2) is 14.2 Å². The third kappa shape index (κ3) is 4.42. The fourth-order valence-electron chi connectivity index (χ4n) is 3.85. The van der Waals surface area contributed by atoms with Crippen LogP contribution in [0.1, 0.15) is 30.0 Å². The Morgan fingerprint density at radius 3 is 2.97 bits per heavy atom. The lowest BCUT2D eigenvalue weighted by Crippen LogP contribution is -2.41. The molecular formula is C20H20BrFN4O3S2. The molecule has 0 radical (unpaired) electrons. The van der Waals surface area contributed by atoms with E-state index in [1.807, 2.05) is 10.3 Å². The van der Waals surface area contributed by atoms with Gasteiger partial charge < -0.3 is 14.2 Å². The number of nitrogens with one attached hydrogen (secondary N) is 1. The number of rotatable bonds is 6. The monoisotopic (exact) mass is 526 g/mol. The predicted octanol–water partition coefficient (Wildman–Crippen LogP) is 3.32. The lowest BCUT2D eigenvalue weighted by Gasteiger charge is -2.33. The molecule has 1 saturated heterocycles. The normalized spacial score (nSPS) is 21.7. The Bertz CT molecular complexity index is 1050. The summed E-state index contributed by atoms with van der Waals surface area (Å²) in [5.41, 5.74) is 1.67. The van der Waals surface area contributed by atoms with Crippen LogP contribution in [-0.2, 0) is 20.9 Å². The number of hydrogen-bond acceptors (Lipinski definition) is 8. The van der Waals surface area contributed by atoms with Gasteiger partial charge in [-0.1, -0.05) is 22.0 Å². The zero-order valence-corrected chi connectivity index (χ0v) is 20.0. The van der Waals surface area contributed by atoms with Gasteiger partial charge >= 0.3 is 5.97 Å². The number of carbonyl (C=O) groups excluding carboxylic acids is 1. The minimum absolute atomic E-state index is 0.202. The number of aromatic nitrogens is 1. The minimum atomic E-state index is -1.29. The fraction of sp³-hybridized carbons (Fsp3) is 0.350. The van der Waals surface area contributed by atoms with E-state index in [0.717, 1.165) is 0 Å². The van der Waals surface area contributed by atoms with Crippen LogP contribution < -0.4 is 4.72 Å². The molecule has 0 bridgehead atoms. The summed E-state index contributed by atoms with van der Waals surface area (Å²) in [5.74, 6) is -0.268. The minimum Gasteiger partial charge on any atom is -0.598 e. The lowest BCUT2D eigenvalue weighted by molar-refractivity contribution is -0.139. The highest BCUT2D eigenvalue weighted by atomic mass is 79.9. The van der Waals surface area contributed by atoms with Crippen LogP contribution in [0.15, 0.2) is 50.5 Å². The lowest BCUT2D eigenvalue weighted by atomic mass is 9.93. The molecule has 1 unspecified atom stereocenters. The zero-order valence-electron chi connectivity index (χ0n) is 16.8. The summed E-state index contributed by atoms with van der Waals surface area (Å²) >= 11 is 3.57. The Kier molecular flexibility index (Phi) is 6.77. The Hall–Kier alpha value is -1.79. The van der Waals surface area contributed by atoms with Crippen molar-refractivity contribution in [1.82, 2.24) is 14.6 Å². The molecule has 3 heterocycles. The second-order valence-electron chi connectivity index (χ2n) is 6.94. The molecule has 31 heavy (non-hydrogen) atoms. The quantitative estimate of drug-likeness (QED) is 0.458. The first kappa shape index (κ1) is 22.4. The molecule has 164 valence electrons. The molecule has 2 aromatic rings. The fourth-order valence-corrected chi connectivity index (χ4v) is 5.68. The number of carbonyl (C=O) groups is 1. The maximum Gasteiger partial charge on any atom is 0.338 e. The maximum atomic E-state index is 13.8. The van der Waals surface area contributed by atoms with Crippen LogP contribution in [-0.4, -0.2) is 51.7 Å². The molecule has 0 aliphatic carbocycles. The molecule has 3 atom stereocenters. The topological polar surface area (TPSA) is 89.9 Å². The number of thiazole rings is 1. The molecule has 11 heteroatoms. The van der Waals surface area contributed by atoms with Crippen molar-refractivity contribution in [1.29, 1.82) is 0 Å². The number of aliphatic imine (C=N–C) groups is 1. The summed E-state index contributed by atoms with van der Waals surface area (Å²) in [6.07, 6.45) is 3.89. The van der Waals surface area contributed by atoms with Crippen molar-refractivity contribution in [3.8, 4) is 0 Å². The highest BCUT2D eigenvalue weighted by Gasteiger charge is 2.44. The molecule has 2 aliphatic rings. The average Bonchev–Trinajstić information content (AvgIpc) is 3.37. The van der Waals surface area contributed by atoms with Gasteiger partial charge in [-0.05, 0) is 31.0 Å². The number of nitrogens with zero attached hydrogens (tertiary/aromatic N) is 3. The number of hydrogen-bond donors (Lipinski definition) is 1. The average molecular weight is 527 g/mol. The van der Waals surface area contributed by atoms with Crippen LogP contribution >= 0.6 is 27.3 Å². The first-order chi connectivity index (χ1) is 14.9. The predicted molar refractivity (Wildman–Crippen MR) is 121 cm³/mol. The third-order valence-electron chi connectivity index (χ3n) is 5.00. The van der Waals surface area contributed by atoms with E-state index in [1.165, 1.54) is 23.5 Å². The van der Waals surface area contributed by atoms with Gasteiger partial charge in [0.1, 0.15) is 18.1 Å². The van der Waals surface area contributed by atoms with Gasteiger partial charge in [0.2, 0.25) is 0 Å². The van der Waals surface area contributed by atoms with E-state index in [0.29, 0.717) is 45.1 Å². The van der Waals surface area contributed by atoms with Crippen LogP contribution in [0.5, 0.6) is 0 Å². The van der Waals surface area contributed by atoms with Crippen LogP contribution in [0.2, 0.25) is 0 Å². The van der Waals surface area contributed by atoms with Crippen LogP contribution in [0.4, 0.5) is 4.39 Å². The van der Waals surface area contributed by atoms with E-state index in [9.17, 15) is 13.7 Å². The first-order valence-corrected chi connectivity index (χ1v) is 12.8. The van der Waals surface area contributed by atoms with Gasteiger partial charge in [-0.3, -0.25) is 4.99 Å². The van der Waals surface area contributed by atoms with Gasteiger partial charge in [0.25, 0.3) is 0 Å². The smallest absolute Gasteiger partial charge is 0.338 e. The van der Waals surface area contributed by atoms with Crippen molar-refractivity contribution in [3.63, 3.8) is 0 Å². The number of halogens is 2. The second-order valence-corrected chi connectivity index (χ2v) is 9.84. The highest BCUT2D eigenvalue weighted by Crippen LogP contribution is 2.42. The van der Waals surface area contributed by atoms with Gasteiger partial charge in [-0.15, -0.1) is 16.1 Å². The van der Waals surface area contributed by atoms with E-state index >= 15 is 0 Å². The summed E-state index contributed by atoms with van der Waals surface area (Å²) in [4.78, 5) is 24.4. The Morgan fingerprint density at radius 1 is 1.52 bits per heavy atom. The van der Waals surface area contributed by atoms with Crippen LogP contribution in [0.3, 0.4) is 0 Å². The molecular weight excluding hydrogens is 507 g/mol. The van der Waals surface area contributed by atoms with E-state index in [4.69, 9.17) is 9.73 Å². The second kappa shape index (κ2) is 9.37. The van der Waals surface area contributed by atoms with E-state index in [2.05, 4.69) is 25.6 Å². The molecule has 0 spiro atoms. The summed E-state index contributed by atoms with van der Waals surface area (Å²) < 4.78 is 34.7. The standard InChI is InChI=1S/C20H20BrFN4O3S2/c1-3-29-20(27)15-16(12-5-4-11(22)10-13(12)21)24-18(19-23-7-9-30-19)26-8-6-14(17(15)26)25-31(2)28/h4-5,7,9-10,14,16,25H,3,6,8H2,1-2H3/t14-,16+,31?/m1/s1. The summed E-state index contributed by atoms with van der Waals surface area (Å²) in [6.45, 7) is 2.53. The van der Waals surface area contributed by atoms with Crippen LogP contribution in [0, 0.1) is 5.82 Å². The van der Waals surface area contributed by atoms with E-state index in [1.54, 1.807) is 25.4 Å². The largest absolute Gasteiger partial charge is 0.598 e. The zero-order chi connectivity index (χ0) is 22.1. The molecule has 0 amide bonds. The van der Waals surface area contributed by atoms with Crippen molar-refractivity contribution in [2.45, 2.75) is 25.4 Å². The Morgan fingerprint density at radius 2 is 2.32 bits per heavy atom. The Labute approximate surface area is 194 Å². The van der Waals surface area contributed by atoms with Gasteiger partial charge in [0.05, 0.1) is 23.9 Å². The molecule has 1 aromatic carbocycles. The van der Waals surface area contributed by atoms with Gasteiger partial charge in [0, 0.05) is 34.0 Å². The van der Waals surface area contributed by atoms with Gasteiger partial charge in [-0.2, -0.15) is 0 Å². The number of ether oxygens (including phenoxy) is 1. The van der Waals surface area contributed by atoms with Crippen molar-refractivity contribution in [2.24, 2.45) is 4.99 Å². The SMILES string of the molecule is CCOC(=O)C1=C2[C@H](N[S+](C)[O-])CCN2C(c2nccs2)=N[C@H]1c1ccc(F)cc1Br. The summed E-state index contributed by atoms with van der Waals surface area (Å²) in [6, 6.07) is 3.24. The van der Waals surface area contributed by atoms with Crippen molar-refractivity contribution in [2.75, 3.05) is 19.4 Å². The molecule has 7 nitrogen and oxygen atoms in total. The highest BCUT2D eigenvalue weighted by molar-refractivity contribution is 9.10. The molecule has 1 fully saturated rings. The molecule has 1 aromatic heterocycles. The van der Waals surface area contributed by atoms with E-state index < -0.39 is 29.2 Å². The molecule has 0 saturated carbocycles. The van der Waals surface area contributed by atoms with Crippen molar-refractivity contribution in [3.05, 3.63) is 61.9 Å². The number of fused-ring (bicyclic) bond motifs is 1. The summed E-state index contributed by atoms with van der Waals surface area (Å²) in [7, 11) is 0. The molecule has 1 N–H and O–H groups in total. The number of esters is 1. The molecule has 4 rings (SSSR count).